The zero-order valence-corrected chi connectivity index (χ0v) is 16.1. The Labute approximate surface area is 155 Å². The van der Waals surface area contributed by atoms with Crippen molar-refractivity contribution in [3.05, 3.63) is 25.3 Å². The van der Waals surface area contributed by atoms with E-state index in [4.69, 9.17) is 29.2 Å². The summed E-state index contributed by atoms with van der Waals surface area (Å²) in [6.45, 7) is 14.1. The summed E-state index contributed by atoms with van der Waals surface area (Å²) in [5.41, 5.74) is 0. The molecular weight excluding hydrogens is 344 g/mol. The van der Waals surface area contributed by atoms with E-state index >= 15 is 0 Å². The lowest BCUT2D eigenvalue weighted by molar-refractivity contribution is -0.148. The molecular formula is C18H32O8. The van der Waals surface area contributed by atoms with E-state index in [0.29, 0.717) is 6.61 Å². The summed E-state index contributed by atoms with van der Waals surface area (Å²) in [6.07, 6.45) is 0.910. The molecule has 0 radical (unpaired) electrons. The number of ether oxygens (including phenoxy) is 4. The number of carbonyl (C=O) groups excluding carboxylic acids is 2. The van der Waals surface area contributed by atoms with Gasteiger partial charge < -0.3 is 29.2 Å². The molecule has 152 valence electrons. The van der Waals surface area contributed by atoms with Gasteiger partial charge in [-0.05, 0) is 27.7 Å². The van der Waals surface area contributed by atoms with Crippen molar-refractivity contribution in [2.24, 2.45) is 0 Å². The van der Waals surface area contributed by atoms with Gasteiger partial charge in [-0.25, -0.2) is 9.59 Å². The standard InChI is InChI=1S/C12H18O5.C6H14O3/c1-5-11(13)16-7-9(3)15-8-10(4)17-12(14)6-2;1-5(8)4-9-6(2)3-7/h5-6,9-10H,1-2,7-8H2,3-4H3;5-8H,3-4H2,1-2H3. The van der Waals surface area contributed by atoms with Crippen molar-refractivity contribution >= 4 is 11.9 Å². The van der Waals surface area contributed by atoms with E-state index < -0.39 is 18.0 Å². The van der Waals surface area contributed by atoms with Gasteiger partial charge in [0, 0.05) is 12.2 Å². The lowest BCUT2D eigenvalue weighted by Gasteiger charge is -2.16. The molecule has 0 saturated carbocycles. The van der Waals surface area contributed by atoms with Gasteiger partial charge in [-0.2, -0.15) is 0 Å². The Balaban J connectivity index is 0. The molecule has 0 aromatic carbocycles. The van der Waals surface area contributed by atoms with Crippen molar-refractivity contribution in [3.8, 4) is 0 Å². The highest BCUT2D eigenvalue weighted by molar-refractivity contribution is 5.81. The fourth-order valence-electron chi connectivity index (χ4n) is 1.24. The quantitative estimate of drug-likeness (QED) is 0.383. The van der Waals surface area contributed by atoms with E-state index in [9.17, 15) is 9.59 Å². The predicted molar refractivity (Wildman–Crippen MR) is 96.5 cm³/mol. The molecule has 0 aromatic rings. The highest BCUT2D eigenvalue weighted by Gasteiger charge is 2.10. The van der Waals surface area contributed by atoms with Gasteiger partial charge in [0.05, 0.1) is 38.1 Å². The van der Waals surface area contributed by atoms with E-state index in [-0.39, 0.29) is 38.1 Å². The average Bonchev–Trinajstić information content (AvgIpc) is 2.62. The van der Waals surface area contributed by atoms with Crippen LogP contribution in [0, 0.1) is 0 Å². The summed E-state index contributed by atoms with van der Waals surface area (Å²) in [5, 5.41) is 17.1. The van der Waals surface area contributed by atoms with Crippen molar-refractivity contribution < 1.29 is 38.7 Å². The second-order valence-electron chi connectivity index (χ2n) is 5.61. The molecule has 0 amide bonds. The molecule has 0 bridgehead atoms. The molecule has 0 aliphatic rings. The van der Waals surface area contributed by atoms with E-state index in [2.05, 4.69) is 13.2 Å². The minimum atomic E-state index is -0.494. The Morgan fingerprint density at radius 2 is 1.42 bits per heavy atom. The van der Waals surface area contributed by atoms with Crippen LogP contribution < -0.4 is 0 Å². The highest BCUT2D eigenvalue weighted by atomic mass is 16.6. The van der Waals surface area contributed by atoms with Crippen LogP contribution in [0.15, 0.2) is 25.3 Å². The summed E-state index contributed by atoms with van der Waals surface area (Å²) in [7, 11) is 0. The first-order valence-electron chi connectivity index (χ1n) is 8.30. The van der Waals surface area contributed by atoms with Crippen LogP contribution in [-0.4, -0.2) is 73.0 Å². The van der Waals surface area contributed by atoms with Crippen molar-refractivity contribution in [2.45, 2.75) is 52.1 Å². The molecule has 4 atom stereocenters. The topological polar surface area (TPSA) is 112 Å². The molecule has 8 nitrogen and oxygen atoms in total. The maximum atomic E-state index is 10.8. The van der Waals surface area contributed by atoms with Gasteiger partial charge in [0.1, 0.15) is 12.7 Å². The maximum absolute atomic E-state index is 10.8. The number of rotatable bonds is 12. The van der Waals surface area contributed by atoms with E-state index in [1.165, 1.54) is 0 Å². The van der Waals surface area contributed by atoms with Crippen molar-refractivity contribution in [3.63, 3.8) is 0 Å². The van der Waals surface area contributed by atoms with E-state index in [1.54, 1.807) is 27.7 Å². The number of esters is 2. The third-order valence-electron chi connectivity index (χ3n) is 2.61. The van der Waals surface area contributed by atoms with Crippen LogP contribution in [-0.2, 0) is 28.5 Å². The third-order valence-corrected chi connectivity index (χ3v) is 2.61. The van der Waals surface area contributed by atoms with Gasteiger partial charge in [0.25, 0.3) is 0 Å². The van der Waals surface area contributed by atoms with Crippen LogP contribution in [0.4, 0.5) is 0 Å². The molecule has 0 fully saturated rings. The first-order chi connectivity index (χ1) is 12.2. The Kier molecular flexibility index (Phi) is 17.0. The minimum Gasteiger partial charge on any atom is -0.460 e. The van der Waals surface area contributed by atoms with E-state index in [1.807, 2.05) is 0 Å². The summed E-state index contributed by atoms with van der Waals surface area (Å²) in [4.78, 5) is 21.6. The molecule has 0 heterocycles. The Morgan fingerprint density at radius 3 is 1.88 bits per heavy atom. The zero-order chi connectivity index (χ0) is 20.5. The normalized spacial score (nSPS) is 14.7. The van der Waals surface area contributed by atoms with Crippen LogP contribution in [0.1, 0.15) is 27.7 Å². The van der Waals surface area contributed by atoms with Gasteiger partial charge >= 0.3 is 11.9 Å². The van der Waals surface area contributed by atoms with Crippen LogP contribution in [0.3, 0.4) is 0 Å². The fraction of sp³-hybridized carbons (Fsp3) is 0.667. The molecule has 0 aromatic heterocycles. The summed E-state index contributed by atoms with van der Waals surface area (Å²) >= 11 is 0. The number of carbonyl (C=O) groups is 2. The first kappa shape index (κ1) is 26.5. The minimum absolute atomic E-state index is 0.00667. The molecule has 4 unspecified atom stereocenters. The molecule has 8 heteroatoms. The molecule has 26 heavy (non-hydrogen) atoms. The lowest BCUT2D eigenvalue weighted by Crippen LogP contribution is -2.25. The Morgan fingerprint density at radius 1 is 0.885 bits per heavy atom. The van der Waals surface area contributed by atoms with Gasteiger partial charge in [-0.1, -0.05) is 13.2 Å². The predicted octanol–water partition coefficient (Wildman–Crippen LogP) is 1.00. The average molecular weight is 376 g/mol. The fourth-order valence-corrected chi connectivity index (χ4v) is 1.24. The van der Waals surface area contributed by atoms with Gasteiger partial charge in [0.15, 0.2) is 0 Å². The molecule has 0 rings (SSSR count). The monoisotopic (exact) mass is 376 g/mol. The lowest BCUT2D eigenvalue weighted by atomic mass is 10.4. The van der Waals surface area contributed by atoms with E-state index in [0.717, 1.165) is 12.2 Å². The summed E-state index contributed by atoms with van der Waals surface area (Å²) in [6, 6.07) is 0. The maximum Gasteiger partial charge on any atom is 0.330 e. The zero-order valence-electron chi connectivity index (χ0n) is 16.1. The SMILES string of the molecule is C=CC(=O)OCC(C)OCC(C)OC(=O)C=C.CC(O)COC(C)CO. The van der Waals surface area contributed by atoms with Crippen molar-refractivity contribution in [1.29, 1.82) is 0 Å². The Bertz CT molecular complexity index is 408. The molecule has 0 spiro atoms. The smallest absolute Gasteiger partial charge is 0.330 e. The van der Waals surface area contributed by atoms with Gasteiger partial charge in [-0.3, -0.25) is 0 Å². The van der Waals surface area contributed by atoms with Crippen LogP contribution in [0.25, 0.3) is 0 Å². The third kappa shape index (κ3) is 18.6. The van der Waals surface area contributed by atoms with Crippen LogP contribution in [0.2, 0.25) is 0 Å². The Hall–Kier alpha value is -1.74. The summed E-state index contributed by atoms with van der Waals surface area (Å²) < 4.78 is 19.9. The van der Waals surface area contributed by atoms with Crippen molar-refractivity contribution in [2.75, 3.05) is 26.4 Å². The largest absolute Gasteiger partial charge is 0.460 e. The van der Waals surface area contributed by atoms with Crippen molar-refractivity contribution in [1.82, 2.24) is 0 Å². The second kappa shape index (κ2) is 16.7. The van der Waals surface area contributed by atoms with Gasteiger partial charge in [-0.15, -0.1) is 0 Å². The van der Waals surface area contributed by atoms with Gasteiger partial charge in [0.2, 0.25) is 0 Å². The molecule has 0 aliphatic heterocycles. The first-order valence-corrected chi connectivity index (χ1v) is 8.30. The molecule has 0 aliphatic carbocycles. The highest BCUT2D eigenvalue weighted by Crippen LogP contribution is 1.99. The van der Waals surface area contributed by atoms with Crippen LogP contribution >= 0.6 is 0 Å². The second-order valence-corrected chi connectivity index (χ2v) is 5.61. The van der Waals surface area contributed by atoms with Crippen LogP contribution in [0.5, 0.6) is 0 Å². The number of hydrogen-bond acceptors (Lipinski definition) is 8. The molecule has 2 N–H and O–H groups in total. The number of hydrogen-bond donors (Lipinski definition) is 2. The summed E-state index contributed by atoms with van der Waals surface area (Å²) in [5.74, 6) is -0.988. The molecule has 0 saturated heterocycles. The number of aliphatic hydroxyl groups is 2. The number of aliphatic hydroxyl groups excluding tert-OH is 2.